The molecule has 10 heteroatoms. The quantitative estimate of drug-likeness (QED) is 0.864. The van der Waals surface area contributed by atoms with Crippen molar-refractivity contribution in [2.45, 2.75) is 17.1 Å². The highest BCUT2D eigenvalue weighted by molar-refractivity contribution is 7.89. The fourth-order valence-corrected chi connectivity index (χ4v) is 3.54. The van der Waals surface area contributed by atoms with E-state index in [9.17, 15) is 26.4 Å². The van der Waals surface area contributed by atoms with Crippen LogP contribution < -0.4 is 10.6 Å². The van der Waals surface area contributed by atoms with Gasteiger partial charge >= 0.3 is 12.2 Å². The van der Waals surface area contributed by atoms with E-state index in [-0.39, 0.29) is 19.1 Å². The SMILES string of the molecule is CNC(=O)NC1CN(S(=O)(=O)c2cccc(C(F)(F)F)c2)C1. The summed E-state index contributed by atoms with van der Waals surface area (Å²) in [5.74, 6) is 0. The first-order valence-electron chi connectivity index (χ1n) is 6.30. The average Bonchev–Trinajstić information content (AvgIpc) is 2.41. The number of sulfonamides is 1. The number of halogens is 3. The summed E-state index contributed by atoms with van der Waals surface area (Å²) in [6, 6.07) is 2.78. The molecule has 1 saturated heterocycles. The molecule has 2 amide bonds. The zero-order valence-corrected chi connectivity index (χ0v) is 12.3. The minimum absolute atomic E-state index is 0.0198. The van der Waals surface area contributed by atoms with Gasteiger partial charge in [-0.25, -0.2) is 13.2 Å². The van der Waals surface area contributed by atoms with Crippen LogP contribution >= 0.6 is 0 Å². The van der Waals surface area contributed by atoms with Crippen molar-refractivity contribution >= 4 is 16.1 Å². The number of carbonyl (C=O) groups is 1. The standard InChI is InChI=1S/C12H14F3N3O3S/c1-16-11(19)17-9-6-18(7-9)22(20,21)10-4-2-3-8(5-10)12(13,14)15/h2-5,9H,6-7H2,1H3,(H2,16,17,19). The summed E-state index contributed by atoms with van der Waals surface area (Å²) >= 11 is 0. The Morgan fingerprint density at radius 1 is 1.32 bits per heavy atom. The molecule has 0 atom stereocenters. The number of nitrogens with one attached hydrogen (secondary N) is 2. The molecule has 1 fully saturated rings. The number of hydrogen-bond acceptors (Lipinski definition) is 3. The maximum Gasteiger partial charge on any atom is 0.416 e. The molecule has 0 bridgehead atoms. The third-order valence-corrected chi connectivity index (χ3v) is 5.04. The largest absolute Gasteiger partial charge is 0.416 e. The Morgan fingerprint density at radius 3 is 2.50 bits per heavy atom. The lowest BCUT2D eigenvalue weighted by molar-refractivity contribution is -0.137. The van der Waals surface area contributed by atoms with Crippen molar-refractivity contribution in [3.8, 4) is 0 Å². The Morgan fingerprint density at radius 2 is 1.95 bits per heavy atom. The summed E-state index contributed by atoms with van der Waals surface area (Å²) in [4.78, 5) is 10.7. The van der Waals surface area contributed by atoms with Gasteiger partial charge in [-0.1, -0.05) is 6.07 Å². The Bertz CT molecular complexity index is 670. The summed E-state index contributed by atoms with van der Waals surface area (Å²) in [5.41, 5.74) is -1.02. The van der Waals surface area contributed by atoms with E-state index in [0.29, 0.717) is 6.07 Å². The van der Waals surface area contributed by atoms with Gasteiger partial charge in [-0.05, 0) is 18.2 Å². The van der Waals surface area contributed by atoms with E-state index >= 15 is 0 Å². The number of amides is 2. The molecule has 0 aliphatic carbocycles. The first-order chi connectivity index (χ1) is 10.1. The minimum atomic E-state index is -4.61. The molecular formula is C12H14F3N3O3S. The van der Waals surface area contributed by atoms with Gasteiger partial charge in [-0.15, -0.1) is 0 Å². The van der Waals surface area contributed by atoms with Gasteiger partial charge in [0.2, 0.25) is 10.0 Å². The summed E-state index contributed by atoms with van der Waals surface area (Å²) in [6.45, 7) is 0.0397. The topological polar surface area (TPSA) is 78.5 Å². The first kappa shape index (κ1) is 16.6. The summed E-state index contributed by atoms with van der Waals surface area (Å²) in [7, 11) is -2.58. The van der Waals surface area contributed by atoms with Crippen LogP contribution in [-0.4, -0.2) is 44.9 Å². The molecule has 2 N–H and O–H groups in total. The van der Waals surface area contributed by atoms with Gasteiger partial charge in [0.1, 0.15) is 0 Å². The first-order valence-corrected chi connectivity index (χ1v) is 7.74. The van der Waals surface area contributed by atoms with Crippen LogP contribution in [-0.2, 0) is 16.2 Å². The average molecular weight is 337 g/mol. The lowest BCUT2D eigenvalue weighted by Gasteiger charge is -2.38. The second-order valence-electron chi connectivity index (χ2n) is 4.77. The summed E-state index contributed by atoms with van der Waals surface area (Å²) in [6.07, 6.45) is -4.61. The van der Waals surface area contributed by atoms with Crippen molar-refractivity contribution in [3.05, 3.63) is 29.8 Å². The van der Waals surface area contributed by atoms with Crippen molar-refractivity contribution in [3.63, 3.8) is 0 Å². The highest BCUT2D eigenvalue weighted by Gasteiger charge is 2.38. The number of rotatable bonds is 3. The van der Waals surface area contributed by atoms with Crippen molar-refractivity contribution < 1.29 is 26.4 Å². The molecule has 0 unspecified atom stereocenters. The second kappa shape index (κ2) is 5.76. The van der Waals surface area contributed by atoms with Crippen LogP contribution in [0.1, 0.15) is 5.56 Å². The zero-order chi connectivity index (χ0) is 16.5. The lowest BCUT2D eigenvalue weighted by atomic mass is 10.2. The van der Waals surface area contributed by atoms with Crippen molar-refractivity contribution in [2.24, 2.45) is 0 Å². The van der Waals surface area contributed by atoms with Crippen LogP contribution in [0.5, 0.6) is 0 Å². The van der Waals surface area contributed by atoms with Crippen molar-refractivity contribution in [1.82, 2.24) is 14.9 Å². The molecule has 22 heavy (non-hydrogen) atoms. The molecule has 0 aromatic heterocycles. The number of carbonyl (C=O) groups excluding carboxylic acids is 1. The van der Waals surface area contributed by atoms with Crippen LogP contribution in [0.15, 0.2) is 29.2 Å². The van der Waals surface area contributed by atoms with Gasteiger partial charge in [-0.2, -0.15) is 17.5 Å². The number of alkyl halides is 3. The van der Waals surface area contributed by atoms with Crippen LogP contribution in [0.2, 0.25) is 0 Å². The second-order valence-corrected chi connectivity index (χ2v) is 6.71. The number of nitrogens with zero attached hydrogens (tertiary/aromatic N) is 1. The smallest absolute Gasteiger partial charge is 0.341 e. The van der Waals surface area contributed by atoms with Crippen LogP contribution in [0.3, 0.4) is 0 Å². The highest BCUT2D eigenvalue weighted by atomic mass is 32.2. The van der Waals surface area contributed by atoms with E-state index in [2.05, 4.69) is 10.6 Å². The summed E-state index contributed by atoms with van der Waals surface area (Å²) < 4.78 is 63.4. The van der Waals surface area contributed by atoms with Crippen molar-refractivity contribution in [2.75, 3.05) is 20.1 Å². The lowest BCUT2D eigenvalue weighted by Crippen LogP contribution is -2.61. The monoisotopic (exact) mass is 337 g/mol. The molecule has 2 rings (SSSR count). The van der Waals surface area contributed by atoms with E-state index < -0.39 is 32.7 Å². The molecule has 1 aliphatic rings. The number of urea groups is 1. The molecule has 0 saturated carbocycles. The van der Waals surface area contributed by atoms with Gasteiger partial charge in [0.15, 0.2) is 0 Å². The maximum atomic E-state index is 12.6. The van der Waals surface area contributed by atoms with Crippen LogP contribution in [0, 0.1) is 0 Å². The van der Waals surface area contributed by atoms with Crippen molar-refractivity contribution in [1.29, 1.82) is 0 Å². The Balaban J connectivity index is 2.11. The molecule has 122 valence electrons. The molecule has 1 aromatic rings. The van der Waals surface area contributed by atoms with Gasteiger partial charge in [0.25, 0.3) is 0 Å². The van der Waals surface area contributed by atoms with E-state index in [4.69, 9.17) is 0 Å². The number of benzene rings is 1. The molecule has 1 heterocycles. The van der Waals surface area contributed by atoms with Gasteiger partial charge in [-0.3, -0.25) is 0 Å². The van der Waals surface area contributed by atoms with Gasteiger partial charge < -0.3 is 10.6 Å². The minimum Gasteiger partial charge on any atom is -0.341 e. The third-order valence-electron chi connectivity index (χ3n) is 3.21. The van der Waals surface area contributed by atoms with E-state index in [1.165, 1.54) is 7.05 Å². The molecule has 1 aliphatic heterocycles. The van der Waals surface area contributed by atoms with E-state index in [0.717, 1.165) is 22.5 Å². The normalized spacial score (nSPS) is 16.9. The third kappa shape index (κ3) is 3.33. The predicted molar refractivity (Wildman–Crippen MR) is 71.6 cm³/mol. The molecular weight excluding hydrogens is 323 g/mol. The molecule has 0 radical (unpaired) electrons. The molecule has 6 nitrogen and oxygen atoms in total. The van der Waals surface area contributed by atoms with E-state index in [1.54, 1.807) is 0 Å². The van der Waals surface area contributed by atoms with Crippen LogP contribution in [0.4, 0.5) is 18.0 Å². The van der Waals surface area contributed by atoms with Crippen LogP contribution in [0.25, 0.3) is 0 Å². The maximum absolute atomic E-state index is 12.6. The zero-order valence-electron chi connectivity index (χ0n) is 11.5. The fraction of sp³-hybridized carbons (Fsp3) is 0.417. The molecule has 0 spiro atoms. The van der Waals surface area contributed by atoms with Gasteiger partial charge in [0.05, 0.1) is 16.5 Å². The fourth-order valence-electron chi connectivity index (χ4n) is 1.97. The Labute approximate surface area is 125 Å². The predicted octanol–water partition coefficient (Wildman–Crippen LogP) is 1.01. The highest BCUT2D eigenvalue weighted by Crippen LogP contribution is 2.31. The Kier molecular flexibility index (Phi) is 4.34. The summed E-state index contributed by atoms with van der Waals surface area (Å²) in [5, 5.41) is 4.85. The Hall–Kier alpha value is -1.81. The van der Waals surface area contributed by atoms with E-state index in [1.807, 2.05) is 0 Å². The number of hydrogen-bond donors (Lipinski definition) is 2. The van der Waals surface area contributed by atoms with Gasteiger partial charge in [0, 0.05) is 20.1 Å². The molecule has 1 aromatic carbocycles.